The average Bonchev–Trinajstić information content (AvgIpc) is 2.96. The summed E-state index contributed by atoms with van der Waals surface area (Å²) in [7, 11) is 1.25. The molecule has 2 aromatic rings. The van der Waals surface area contributed by atoms with Crippen LogP contribution in [0.25, 0.3) is 0 Å². The van der Waals surface area contributed by atoms with Crippen molar-refractivity contribution in [2.75, 3.05) is 13.7 Å². The summed E-state index contributed by atoms with van der Waals surface area (Å²) in [5, 5.41) is 3.02. The van der Waals surface area contributed by atoms with E-state index in [4.69, 9.17) is 33.2 Å². The molecule has 4 atom stereocenters. The van der Waals surface area contributed by atoms with Crippen molar-refractivity contribution in [3.63, 3.8) is 0 Å². The summed E-state index contributed by atoms with van der Waals surface area (Å²) in [6.07, 6.45) is -4.29. The van der Waals surface area contributed by atoms with Gasteiger partial charge in [0.1, 0.15) is 30.1 Å². The molecule has 2 rings (SSSR count). The third-order valence-corrected chi connectivity index (χ3v) is 6.66. The zero-order chi connectivity index (χ0) is 32.8. The Bertz CT molecular complexity index is 1230. The van der Waals surface area contributed by atoms with Crippen LogP contribution in [0.1, 0.15) is 54.0 Å². The number of para-hydroxylation sites is 1. The van der Waals surface area contributed by atoms with Crippen molar-refractivity contribution in [2.24, 2.45) is 11.8 Å². The number of hydrogen-bond donors (Lipinski definition) is 1. The molecule has 0 aliphatic rings. The van der Waals surface area contributed by atoms with Crippen LogP contribution in [0.2, 0.25) is 0 Å². The second kappa shape index (κ2) is 17.7. The summed E-state index contributed by atoms with van der Waals surface area (Å²) in [6, 6.07) is 12.1. The molecule has 0 spiro atoms. The number of hydrogen-bond acceptors (Lipinski definition) is 12. The molecular weight excluding hydrogens is 574 g/mol. The highest BCUT2D eigenvalue weighted by Crippen LogP contribution is 2.30. The molecule has 12 nitrogen and oxygen atoms in total. The van der Waals surface area contributed by atoms with Crippen LogP contribution in [0.15, 0.2) is 48.5 Å². The summed E-state index contributed by atoms with van der Waals surface area (Å²) < 4.78 is 36.7. The van der Waals surface area contributed by atoms with E-state index < -0.39 is 48.8 Å². The van der Waals surface area contributed by atoms with Crippen LogP contribution in [0.4, 0.5) is 14.4 Å². The predicted octanol–water partition coefficient (Wildman–Crippen LogP) is 6.08. The van der Waals surface area contributed by atoms with Crippen molar-refractivity contribution >= 4 is 24.4 Å². The fourth-order valence-corrected chi connectivity index (χ4v) is 3.39. The van der Waals surface area contributed by atoms with Crippen LogP contribution in [-0.2, 0) is 30.2 Å². The summed E-state index contributed by atoms with van der Waals surface area (Å²) in [4.78, 5) is 49.7. The third kappa shape index (κ3) is 12.5. The number of carbonyl (C=O) groups excluding carboxylic acids is 4. The van der Waals surface area contributed by atoms with E-state index in [2.05, 4.69) is 5.32 Å². The molecule has 0 saturated carbocycles. The Kier molecular flexibility index (Phi) is 14.4. The van der Waals surface area contributed by atoms with E-state index in [1.807, 2.05) is 27.7 Å². The molecule has 44 heavy (non-hydrogen) atoms. The lowest BCUT2D eigenvalue weighted by Gasteiger charge is -2.21. The second-order valence-electron chi connectivity index (χ2n) is 10.9. The highest BCUT2D eigenvalue weighted by Gasteiger charge is 2.25. The molecule has 0 fully saturated rings. The van der Waals surface area contributed by atoms with E-state index in [-0.39, 0.29) is 36.3 Å². The molecule has 0 heterocycles. The first kappa shape index (κ1) is 35.9. The molecule has 0 aromatic heterocycles. The SMILES string of the molecule is COC(=O)[C@H](Cc1ccc(OC(=O)OC(C)C(C)C)c(OC(=O)OC(C)C(C)C)c1)NCC(C)OC(=O)Oc1ccccc1. The summed E-state index contributed by atoms with van der Waals surface area (Å²) in [5.41, 5.74) is 0.529. The standard InChI is InChI=1S/C32H43NO11/c1-19(2)22(6)40-31(36)43-27-15-14-24(17-28(27)44-32(37)41-23(7)20(3)4)16-26(29(34)38-8)33-18-21(5)39-30(35)42-25-12-10-9-11-13-25/h9-15,17,19-23,26,33H,16,18H2,1-8H3/t21?,22?,23?,26-/m0/s1. The van der Waals surface area contributed by atoms with Crippen molar-refractivity contribution in [1.82, 2.24) is 5.32 Å². The average molecular weight is 618 g/mol. The highest BCUT2D eigenvalue weighted by atomic mass is 16.8. The predicted molar refractivity (Wildman–Crippen MR) is 160 cm³/mol. The van der Waals surface area contributed by atoms with E-state index in [1.54, 1.807) is 57.2 Å². The first-order chi connectivity index (χ1) is 20.8. The maximum atomic E-state index is 12.6. The Morgan fingerprint density at radius 3 is 1.77 bits per heavy atom. The fraction of sp³-hybridized carbons (Fsp3) is 0.500. The number of nitrogens with one attached hydrogen (secondary N) is 1. The molecule has 0 aliphatic carbocycles. The van der Waals surface area contributed by atoms with Crippen LogP contribution in [0.5, 0.6) is 17.2 Å². The summed E-state index contributed by atoms with van der Waals surface area (Å²) in [6.45, 7) is 12.7. The maximum absolute atomic E-state index is 12.6. The van der Waals surface area contributed by atoms with Gasteiger partial charge in [-0.1, -0.05) is 52.0 Å². The van der Waals surface area contributed by atoms with Crippen molar-refractivity contribution in [3.05, 3.63) is 54.1 Å². The molecule has 0 bridgehead atoms. The minimum Gasteiger partial charge on any atom is -0.468 e. The molecule has 0 aliphatic heterocycles. The lowest BCUT2D eigenvalue weighted by Crippen LogP contribution is -2.43. The van der Waals surface area contributed by atoms with E-state index in [1.165, 1.54) is 19.2 Å². The number of benzene rings is 2. The molecule has 0 saturated heterocycles. The molecule has 3 unspecified atom stereocenters. The monoisotopic (exact) mass is 617 g/mol. The van der Waals surface area contributed by atoms with E-state index >= 15 is 0 Å². The van der Waals surface area contributed by atoms with Crippen LogP contribution in [0.3, 0.4) is 0 Å². The minimum atomic E-state index is -0.992. The van der Waals surface area contributed by atoms with Gasteiger partial charge in [0.05, 0.1) is 7.11 Å². The smallest absolute Gasteiger partial charge is 0.468 e. The van der Waals surface area contributed by atoms with Crippen molar-refractivity contribution in [1.29, 1.82) is 0 Å². The molecule has 2 aromatic carbocycles. The number of esters is 1. The zero-order valence-corrected chi connectivity index (χ0v) is 26.5. The Morgan fingerprint density at radius 2 is 1.23 bits per heavy atom. The van der Waals surface area contributed by atoms with E-state index in [9.17, 15) is 19.2 Å². The van der Waals surface area contributed by atoms with Crippen LogP contribution < -0.4 is 19.5 Å². The molecule has 0 amide bonds. The Balaban J connectivity index is 2.16. The number of rotatable bonds is 14. The topological polar surface area (TPSA) is 145 Å². The van der Waals surface area contributed by atoms with Gasteiger partial charge < -0.3 is 38.5 Å². The van der Waals surface area contributed by atoms with Gasteiger partial charge in [0, 0.05) is 6.54 Å². The first-order valence-electron chi connectivity index (χ1n) is 14.4. The Morgan fingerprint density at radius 1 is 0.682 bits per heavy atom. The molecular formula is C32H43NO11. The second-order valence-corrected chi connectivity index (χ2v) is 10.9. The van der Waals surface area contributed by atoms with E-state index in [0.29, 0.717) is 11.3 Å². The Hall–Kier alpha value is -4.32. The minimum absolute atomic E-state index is 0.0376. The van der Waals surface area contributed by atoms with Crippen molar-refractivity contribution < 1.29 is 52.3 Å². The highest BCUT2D eigenvalue weighted by molar-refractivity contribution is 5.76. The van der Waals surface area contributed by atoms with Gasteiger partial charge in [-0.05, 0) is 68.9 Å². The van der Waals surface area contributed by atoms with E-state index in [0.717, 1.165) is 0 Å². The molecule has 242 valence electrons. The number of carbonyl (C=O) groups is 4. The number of methoxy groups -OCH3 is 1. The van der Waals surface area contributed by atoms with Gasteiger partial charge in [-0.25, -0.2) is 14.4 Å². The lowest BCUT2D eigenvalue weighted by molar-refractivity contribution is -0.143. The van der Waals surface area contributed by atoms with Gasteiger partial charge in [-0.3, -0.25) is 4.79 Å². The van der Waals surface area contributed by atoms with Crippen molar-refractivity contribution in [2.45, 2.75) is 79.2 Å². The first-order valence-corrected chi connectivity index (χ1v) is 14.4. The number of ether oxygens (including phenoxy) is 7. The quantitative estimate of drug-likeness (QED) is 0.149. The largest absolute Gasteiger partial charge is 0.514 e. The molecule has 1 N–H and O–H groups in total. The maximum Gasteiger partial charge on any atom is 0.514 e. The van der Waals surface area contributed by atoms with Gasteiger partial charge in [-0.15, -0.1) is 0 Å². The Labute approximate surface area is 258 Å². The fourth-order valence-electron chi connectivity index (χ4n) is 3.39. The van der Waals surface area contributed by atoms with Crippen LogP contribution in [-0.4, -0.2) is 62.4 Å². The summed E-state index contributed by atoms with van der Waals surface area (Å²) >= 11 is 0. The zero-order valence-electron chi connectivity index (χ0n) is 26.5. The van der Waals surface area contributed by atoms with Gasteiger partial charge >= 0.3 is 24.4 Å². The third-order valence-electron chi connectivity index (χ3n) is 6.66. The van der Waals surface area contributed by atoms with Crippen LogP contribution in [0, 0.1) is 11.8 Å². The van der Waals surface area contributed by atoms with Gasteiger partial charge in [-0.2, -0.15) is 0 Å². The van der Waals surface area contributed by atoms with Gasteiger partial charge in [0.25, 0.3) is 0 Å². The van der Waals surface area contributed by atoms with Crippen LogP contribution >= 0.6 is 0 Å². The summed E-state index contributed by atoms with van der Waals surface area (Å²) in [5.74, 6) is -0.342. The van der Waals surface area contributed by atoms with Crippen molar-refractivity contribution in [3.8, 4) is 17.2 Å². The lowest BCUT2D eigenvalue weighted by atomic mass is 10.0. The molecule has 0 radical (unpaired) electrons. The molecule has 12 heteroatoms. The normalized spacial score (nSPS) is 13.7. The van der Waals surface area contributed by atoms with Gasteiger partial charge in [0.15, 0.2) is 11.5 Å². The van der Waals surface area contributed by atoms with Gasteiger partial charge in [0.2, 0.25) is 0 Å².